The summed E-state index contributed by atoms with van der Waals surface area (Å²) in [6, 6.07) is 3.96. The van der Waals surface area contributed by atoms with Crippen LogP contribution in [-0.2, 0) is 16.6 Å². The Hall–Kier alpha value is -2.05. The number of hydrogen-bond donors (Lipinski definition) is 1. The maximum Gasteiger partial charge on any atom is 0.201 e. The molecule has 5 rings (SSSR count). The van der Waals surface area contributed by atoms with Crippen LogP contribution in [0.25, 0.3) is 0 Å². The molecule has 4 unspecified atom stereocenters. The number of methoxy groups -OCH3 is 1. The molecule has 4 atom stereocenters. The molecule has 0 amide bonds. The Morgan fingerprint density at radius 1 is 1.41 bits per heavy atom. The predicted molar refractivity (Wildman–Crippen MR) is 100 cm³/mol. The van der Waals surface area contributed by atoms with Gasteiger partial charge in [0.2, 0.25) is 5.78 Å². The van der Waals surface area contributed by atoms with Crippen molar-refractivity contribution in [2.75, 3.05) is 34.8 Å². The van der Waals surface area contributed by atoms with Crippen molar-refractivity contribution in [1.82, 2.24) is 9.80 Å². The van der Waals surface area contributed by atoms with Crippen molar-refractivity contribution < 1.29 is 19.4 Å². The molecule has 6 nitrogen and oxygen atoms in total. The summed E-state index contributed by atoms with van der Waals surface area (Å²) in [6.07, 6.45) is 2.95. The summed E-state index contributed by atoms with van der Waals surface area (Å²) in [5, 5.41) is 12.2. The van der Waals surface area contributed by atoms with Gasteiger partial charge in [-0.3, -0.25) is 4.79 Å². The van der Waals surface area contributed by atoms with Gasteiger partial charge >= 0.3 is 0 Å². The molecular weight excluding hydrogens is 344 g/mol. The Kier molecular flexibility index (Phi) is 3.33. The molecule has 6 heteroatoms. The second-order valence-corrected chi connectivity index (χ2v) is 8.63. The molecule has 144 valence electrons. The summed E-state index contributed by atoms with van der Waals surface area (Å²) in [7, 11) is 7.48. The van der Waals surface area contributed by atoms with E-state index in [-0.39, 0.29) is 11.8 Å². The first-order chi connectivity index (χ1) is 12.8. The number of likely N-dealkylation sites (tertiary alicyclic amines) is 1. The van der Waals surface area contributed by atoms with Gasteiger partial charge in [-0.05, 0) is 38.1 Å². The van der Waals surface area contributed by atoms with Crippen LogP contribution in [0.4, 0.5) is 0 Å². The van der Waals surface area contributed by atoms with E-state index in [2.05, 4.69) is 18.0 Å². The molecule has 1 N–H and O–H groups in total. The van der Waals surface area contributed by atoms with Crippen molar-refractivity contribution in [3.05, 3.63) is 35.0 Å². The SMILES string of the molecule is COc1ccc2c3c1OC1C(=O)C(=CN(C)C)CC4(O)C(C2)N(C)CCC314. The Labute approximate surface area is 159 Å². The molecule has 0 aromatic heterocycles. The van der Waals surface area contributed by atoms with Crippen molar-refractivity contribution in [3.8, 4) is 11.5 Å². The number of carbonyl (C=O) groups excluding carboxylic acids is 1. The minimum atomic E-state index is -1.04. The van der Waals surface area contributed by atoms with Crippen molar-refractivity contribution in [2.24, 2.45) is 0 Å². The fourth-order valence-corrected chi connectivity index (χ4v) is 6.03. The van der Waals surface area contributed by atoms with Gasteiger partial charge in [0.05, 0.1) is 18.1 Å². The van der Waals surface area contributed by atoms with E-state index < -0.39 is 17.1 Å². The van der Waals surface area contributed by atoms with Gasteiger partial charge in [0.1, 0.15) is 0 Å². The van der Waals surface area contributed by atoms with E-state index in [0.717, 1.165) is 18.5 Å². The van der Waals surface area contributed by atoms with Crippen LogP contribution in [0.3, 0.4) is 0 Å². The van der Waals surface area contributed by atoms with E-state index in [1.54, 1.807) is 7.11 Å². The summed E-state index contributed by atoms with van der Waals surface area (Å²) in [5.74, 6) is 1.28. The Morgan fingerprint density at radius 3 is 2.89 bits per heavy atom. The third kappa shape index (κ3) is 1.85. The predicted octanol–water partition coefficient (Wildman–Crippen LogP) is 1.10. The molecule has 27 heavy (non-hydrogen) atoms. The summed E-state index contributed by atoms with van der Waals surface area (Å²) < 4.78 is 11.9. The lowest BCUT2D eigenvalue weighted by atomic mass is 9.48. The Morgan fingerprint density at radius 2 is 2.19 bits per heavy atom. The molecule has 2 aliphatic carbocycles. The summed E-state index contributed by atoms with van der Waals surface area (Å²) in [4.78, 5) is 17.5. The van der Waals surface area contributed by atoms with Crippen LogP contribution < -0.4 is 9.47 Å². The van der Waals surface area contributed by atoms with Crippen LogP contribution in [0.15, 0.2) is 23.9 Å². The third-order valence-electron chi connectivity index (χ3n) is 7.11. The molecule has 1 saturated carbocycles. The number of nitrogens with zero attached hydrogens (tertiary/aromatic N) is 2. The van der Waals surface area contributed by atoms with Crippen LogP contribution in [0.1, 0.15) is 24.0 Å². The van der Waals surface area contributed by atoms with E-state index in [1.165, 1.54) is 5.56 Å². The average molecular weight is 370 g/mol. The molecule has 1 aromatic rings. The van der Waals surface area contributed by atoms with E-state index in [9.17, 15) is 9.90 Å². The van der Waals surface area contributed by atoms with Gasteiger partial charge in [-0.15, -0.1) is 0 Å². The standard InChI is InChI=1S/C21H26N2O4/c1-22(2)11-13-10-21(25)15-9-12-5-6-14(26-4)18-16(12)20(21,7-8-23(15)3)19(27-18)17(13)24/h5-6,11,15,19,25H,7-10H2,1-4H3. The summed E-state index contributed by atoms with van der Waals surface area (Å²) in [5.41, 5.74) is 1.09. The van der Waals surface area contributed by atoms with Crippen molar-refractivity contribution in [3.63, 3.8) is 0 Å². The fourth-order valence-electron chi connectivity index (χ4n) is 6.03. The van der Waals surface area contributed by atoms with Crippen LogP contribution in [0.2, 0.25) is 0 Å². The van der Waals surface area contributed by atoms with Gasteiger partial charge < -0.3 is 24.4 Å². The second kappa shape index (κ2) is 5.26. The van der Waals surface area contributed by atoms with Crippen LogP contribution in [-0.4, -0.2) is 73.2 Å². The topological polar surface area (TPSA) is 62.2 Å². The van der Waals surface area contributed by atoms with E-state index in [1.807, 2.05) is 31.3 Å². The van der Waals surface area contributed by atoms with Crippen molar-refractivity contribution >= 4 is 5.78 Å². The number of hydrogen-bond acceptors (Lipinski definition) is 6. The molecule has 2 fully saturated rings. The zero-order valence-electron chi connectivity index (χ0n) is 16.3. The molecule has 0 radical (unpaired) electrons. The summed E-state index contributed by atoms with van der Waals surface area (Å²) in [6.45, 7) is 0.836. The average Bonchev–Trinajstić information content (AvgIpc) is 2.97. The number of Topliss-reactive ketones (excluding diaryl/α,β-unsaturated/α-hetero) is 1. The maximum atomic E-state index is 13.4. The van der Waals surface area contributed by atoms with E-state index in [4.69, 9.17) is 9.47 Å². The van der Waals surface area contributed by atoms with Gasteiger partial charge in [-0.2, -0.15) is 0 Å². The van der Waals surface area contributed by atoms with Gasteiger partial charge in [0.15, 0.2) is 17.6 Å². The molecule has 2 aliphatic heterocycles. The molecule has 1 spiro atoms. The molecule has 2 heterocycles. The Bertz CT molecular complexity index is 879. The first kappa shape index (κ1) is 17.1. The van der Waals surface area contributed by atoms with Crippen molar-refractivity contribution in [2.45, 2.75) is 42.4 Å². The quantitative estimate of drug-likeness (QED) is 0.787. The zero-order valence-corrected chi connectivity index (χ0v) is 16.3. The maximum absolute atomic E-state index is 13.4. The highest BCUT2D eigenvalue weighted by atomic mass is 16.5. The largest absolute Gasteiger partial charge is 0.493 e. The highest BCUT2D eigenvalue weighted by Gasteiger charge is 2.73. The van der Waals surface area contributed by atoms with Gasteiger partial charge in [0.25, 0.3) is 0 Å². The van der Waals surface area contributed by atoms with Crippen LogP contribution in [0.5, 0.6) is 11.5 Å². The monoisotopic (exact) mass is 370 g/mol. The number of piperidine rings is 1. The number of rotatable bonds is 2. The molecule has 2 bridgehead atoms. The fraction of sp³-hybridized carbons (Fsp3) is 0.571. The van der Waals surface area contributed by atoms with Gasteiger partial charge in [0, 0.05) is 43.9 Å². The molecule has 4 aliphatic rings. The van der Waals surface area contributed by atoms with Crippen LogP contribution in [0, 0.1) is 0 Å². The van der Waals surface area contributed by atoms with E-state index >= 15 is 0 Å². The van der Waals surface area contributed by atoms with E-state index in [0.29, 0.717) is 29.9 Å². The smallest absolute Gasteiger partial charge is 0.201 e. The minimum Gasteiger partial charge on any atom is -0.493 e. The molecule has 1 aromatic carbocycles. The number of benzene rings is 1. The lowest BCUT2D eigenvalue weighted by Crippen LogP contribution is -2.76. The molecular formula is C21H26N2O4. The van der Waals surface area contributed by atoms with Gasteiger partial charge in [-0.1, -0.05) is 6.07 Å². The third-order valence-corrected chi connectivity index (χ3v) is 7.11. The second-order valence-electron chi connectivity index (χ2n) is 8.63. The Balaban J connectivity index is 1.80. The number of likely N-dealkylation sites (N-methyl/N-ethyl adjacent to an activating group) is 1. The lowest BCUT2D eigenvalue weighted by molar-refractivity contribution is -0.176. The number of carbonyl (C=O) groups is 1. The zero-order chi connectivity index (χ0) is 19.1. The highest BCUT2D eigenvalue weighted by molar-refractivity contribution is 6.03. The highest BCUT2D eigenvalue weighted by Crippen LogP contribution is 2.65. The normalized spacial score (nSPS) is 37.8. The van der Waals surface area contributed by atoms with Crippen LogP contribution >= 0.6 is 0 Å². The van der Waals surface area contributed by atoms with Crippen molar-refractivity contribution in [1.29, 1.82) is 0 Å². The minimum absolute atomic E-state index is 0.0113. The number of aliphatic hydroxyl groups is 1. The first-order valence-electron chi connectivity index (χ1n) is 9.54. The number of ether oxygens (including phenoxy) is 2. The first-order valence-corrected chi connectivity index (χ1v) is 9.54. The molecule has 1 saturated heterocycles. The number of ketones is 1. The van der Waals surface area contributed by atoms with Gasteiger partial charge in [-0.25, -0.2) is 0 Å². The lowest BCUT2D eigenvalue weighted by Gasteiger charge is -2.62. The summed E-state index contributed by atoms with van der Waals surface area (Å²) >= 11 is 0.